The van der Waals surface area contributed by atoms with Crippen molar-refractivity contribution in [3.8, 4) is 0 Å². The van der Waals surface area contributed by atoms with Crippen LogP contribution in [0.5, 0.6) is 0 Å². The number of aliphatic hydroxyl groups excluding tert-OH is 1. The molecular weight excluding hydrogens is 1970 g/mol. The zero-order valence-electron chi connectivity index (χ0n) is 85.7. The first-order valence-electron chi connectivity index (χ1n) is 52.4. The minimum absolute atomic E-state index is 0.135. The van der Waals surface area contributed by atoms with E-state index >= 15 is 0 Å². The Morgan fingerprint density at radius 3 is 1.30 bits per heavy atom. The highest BCUT2D eigenvalue weighted by atomic mass is 32.2. The van der Waals surface area contributed by atoms with Crippen molar-refractivity contribution in [3.05, 3.63) is 107 Å². The molecule has 3 aromatic carbocycles. The number of aryl methyl sites for hydroxylation is 1. The van der Waals surface area contributed by atoms with E-state index in [4.69, 9.17) is 36.4 Å². The molecule has 12 bridgehead atoms. The van der Waals surface area contributed by atoms with E-state index in [1.165, 1.54) is 192 Å². The summed E-state index contributed by atoms with van der Waals surface area (Å²) in [7, 11) is -29.1. The third kappa shape index (κ3) is 45.7. The Bertz CT molecular complexity index is 5040. The number of benzene rings is 3. The van der Waals surface area contributed by atoms with Crippen LogP contribution in [0, 0.1) is 59.2 Å². The fourth-order valence-corrected chi connectivity index (χ4v) is 27.0. The van der Waals surface area contributed by atoms with E-state index in [1.807, 2.05) is 92.5 Å². The van der Waals surface area contributed by atoms with Gasteiger partial charge in [0.25, 0.3) is 80.9 Å². The van der Waals surface area contributed by atoms with Gasteiger partial charge in [-0.05, 0) is 376 Å². The Kier molecular flexibility index (Phi) is 51.9. The normalized spacial score (nSPS) is 27.7. The molecule has 11 aliphatic carbocycles. The minimum atomic E-state index is -3.91. The lowest BCUT2D eigenvalue weighted by atomic mass is 9.53. The van der Waals surface area contributed by atoms with Crippen LogP contribution in [0.3, 0.4) is 0 Å². The average molecular weight is 2150 g/mol. The average Bonchev–Trinajstić information content (AvgIpc) is 1.54. The Labute approximate surface area is 848 Å². The lowest BCUT2D eigenvalue weighted by Gasteiger charge is -2.57. The molecule has 141 heavy (non-hydrogen) atoms. The van der Waals surface area contributed by atoms with Gasteiger partial charge in [0.2, 0.25) is 0 Å². The van der Waals surface area contributed by atoms with Crippen LogP contribution >= 0.6 is 0 Å². The molecule has 17 rings (SSSR count). The third-order valence-electron chi connectivity index (χ3n) is 32.3. The molecule has 3 heterocycles. The summed E-state index contributed by atoms with van der Waals surface area (Å²) in [5.41, 5.74) is 4.99. The summed E-state index contributed by atoms with van der Waals surface area (Å²) in [4.78, 5) is 1.88. The van der Waals surface area contributed by atoms with Gasteiger partial charge < -0.3 is 46.4 Å². The highest BCUT2D eigenvalue weighted by Crippen LogP contribution is 2.56. The summed E-state index contributed by atoms with van der Waals surface area (Å²) < 4.78 is 245. The van der Waals surface area contributed by atoms with Crippen LogP contribution < -0.4 is 31.9 Å². The van der Waals surface area contributed by atoms with Crippen molar-refractivity contribution in [2.75, 3.05) is 97.1 Å². The Morgan fingerprint density at radius 1 is 0.397 bits per heavy atom. The van der Waals surface area contributed by atoms with Crippen molar-refractivity contribution in [3.63, 3.8) is 0 Å². The second-order valence-electron chi connectivity index (χ2n) is 43.5. The molecule has 816 valence electrons. The van der Waals surface area contributed by atoms with Gasteiger partial charge >= 0.3 is 0 Å². The summed E-state index contributed by atoms with van der Waals surface area (Å²) >= 11 is 0. The summed E-state index contributed by atoms with van der Waals surface area (Å²) in [5.74, 6) is 8.47. The Hall–Kier alpha value is -3.42. The number of rotatable bonds is 48. The molecular formula is C100H179N8O25S8+. The van der Waals surface area contributed by atoms with Crippen LogP contribution in [-0.4, -0.2) is 271 Å². The number of fused-ring (bicyclic) bond motifs is 6. The second kappa shape index (κ2) is 58.8. The molecule has 3 aliphatic heterocycles. The number of piperidine rings is 3. The topological polar surface area (TPSA) is 531 Å². The Morgan fingerprint density at radius 2 is 0.823 bits per heavy atom. The molecule has 41 heteroatoms. The molecule has 0 amide bonds. The monoisotopic (exact) mass is 2150 g/mol. The first kappa shape index (κ1) is 124. The molecule has 3 saturated heterocycles. The SMILES string of the molecule is CC(CCNC12CC3CC(CC(C3)C1)C2)S(=O)(=O)O.CC(CCNC1C2CC3CC(C2)CC1C3)S(=O)(=O)O.CC(CCNC1CC2CCC1C2)S(=O)(=O)O.CC(CCNC1CCCc2ccccc21)S(=O)(=O)O.CC(CC[N+]12CCC(CC1)CC2)S(=O)(=O)O.CCCCCCCCNCCC(C)S(=O)(=O)O.C[C@@H](NCCCS(=O)(=O)O)c1ccccc1.C[C@@H]([C@H](O)c1ccccc1)N(C)CCCS(=O)(=O)O. The maximum Gasteiger partial charge on any atom is 0.267 e. The van der Waals surface area contributed by atoms with Gasteiger partial charge in [-0.2, -0.15) is 67.3 Å². The number of hydrogen-bond acceptors (Lipinski definition) is 24. The molecule has 13 fully saturated rings. The minimum Gasteiger partial charge on any atom is -0.387 e. The summed E-state index contributed by atoms with van der Waals surface area (Å²) in [5, 5.41) is 26.7. The van der Waals surface area contributed by atoms with Crippen LogP contribution in [0.15, 0.2) is 84.9 Å². The van der Waals surface area contributed by atoms with E-state index < -0.39 is 119 Å². The molecule has 13 atom stereocenters. The number of nitrogens with zero attached hydrogens (tertiary/aromatic N) is 2. The van der Waals surface area contributed by atoms with Crippen LogP contribution in [-0.2, 0) is 87.4 Å². The van der Waals surface area contributed by atoms with Crippen LogP contribution in [0.1, 0.15) is 321 Å². The number of aliphatic hydroxyl groups is 1. The number of hydrogen-bond donors (Lipinski definition) is 15. The second-order valence-corrected chi connectivity index (χ2v) is 57.6. The van der Waals surface area contributed by atoms with E-state index in [1.54, 1.807) is 27.7 Å². The van der Waals surface area contributed by atoms with Gasteiger partial charge in [-0.3, -0.25) is 36.4 Å². The highest BCUT2D eigenvalue weighted by Gasteiger charge is 2.52. The Balaban J connectivity index is 0.000000219. The van der Waals surface area contributed by atoms with E-state index in [9.17, 15) is 72.4 Å². The van der Waals surface area contributed by atoms with Crippen molar-refractivity contribution in [2.45, 2.75) is 360 Å². The van der Waals surface area contributed by atoms with Gasteiger partial charge in [0.1, 0.15) is 0 Å². The van der Waals surface area contributed by atoms with E-state index in [0.29, 0.717) is 115 Å². The van der Waals surface area contributed by atoms with Gasteiger partial charge in [0, 0.05) is 42.2 Å². The van der Waals surface area contributed by atoms with Crippen molar-refractivity contribution in [1.29, 1.82) is 0 Å². The van der Waals surface area contributed by atoms with Crippen LogP contribution in [0.4, 0.5) is 0 Å². The van der Waals surface area contributed by atoms with Gasteiger partial charge in [-0.1, -0.05) is 130 Å². The molecule has 0 aromatic heterocycles. The number of unbranched alkanes of at least 4 members (excludes halogenated alkanes) is 5. The van der Waals surface area contributed by atoms with Gasteiger partial charge in [-0.25, -0.2) is 0 Å². The van der Waals surface area contributed by atoms with Crippen molar-refractivity contribution in [2.24, 2.45) is 59.2 Å². The molecule has 0 radical (unpaired) electrons. The quantitative estimate of drug-likeness (QED) is 0.0142. The van der Waals surface area contributed by atoms with Crippen molar-refractivity contribution >= 4 is 80.9 Å². The zero-order chi connectivity index (χ0) is 104. The summed E-state index contributed by atoms with van der Waals surface area (Å²) in [6, 6.07) is 29.2. The van der Waals surface area contributed by atoms with E-state index in [-0.39, 0.29) is 29.1 Å². The summed E-state index contributed by atoms with van der Waals surface area (Å²) in [6.07, 6.45) is 38.3. The molecule has 33 nitrogen and oxygen atoms in total. The molecule has 14 aliphatic rings. The van der Waals surface area contributed by atoms with Crippen molar-refractivity contribution in [1.82, 2.24) is 36.8 Å². The largest absolute Gasteiger partial charge is 0.387 e. The van der Waals surface area contributed by atoms with Gasteiger partial charge in [-0.15, -0.1) is 0 Å². The molecule has 0 spiro atoms. The van der Waals surface area contributed by atoms with Gasteiger partial charge in [0.05, 0.1) is 75.3 Å². The van der Waals surface area contributed by atoms with E-state index in [2.05, 4.69) is 57.0 Å². The standard InChI is InChI=1S/2C14H25NO3S.C14H21NO3S.C13H21NO4S.C12H27NO3S.2C11H21NO3S.C11H17NO3S/c1-10(19(16,17)18)2-3-15-14-7-11-4-12(8-14)6-13(5-11)9-14;1-9(19(16,17)18)2-3-15-14-12-5-10-4-11(7-12)8-13(14)6-10;1-11(19(16,17)18)9-10-15-14-8-4-6-12-5-2-3-7-13(12)14;1-11(13(15)12-7-4-3-5-8-12)14(2)9-6-10-19(16,17)18;1-3-4-5-6-7-8-10-13-11-9-12(2)17(14,15)16;1-10(16(13,14)15)2-6-12-7-3-11(4-8-12)5-9-12;1-8(16(13,14)15)4-5-12-11-7-9-2-3-10(11)6-9;1-10(11-6-3-2-4-7-11)12-8-5-9-16(13,14)15/h10-13,15H,2-9H2,1H3,(H,16,17,18);9-15H,2-8H2,1H3,(H,16,17,18);2-3,5,7,11,14-15H,4,6,8-10H2,1H3,(H,16,17,18);3-5,7-8,11,13,15H,6,9-10H2,1-2H3,(H,16,17,18);12-13H,3-11H2,1-2H3,(H,14,15,16);10-11H,2-9H2,1H3;8-12H,2-7H2,1H3,(H,13,14,15);2-4,6-7,10,12H,5,8-9H2,1H3,(H,13,14,15)/p+1/t;;;11-,13-;;;;10-/m...0...1/s1. The van der Waals surface area contributed by atoms with Crippen molar-refractivity contribution < 1.29 is 113 Å². The number of quaternary nitrogens is 1. The molecule has 10 unspecified atom stereocenters. The number of nitrogens with one attached hydrogen (secondary N) is 6. The van der Waals surface area contributed by atoms with Crippen LogP contribution in [0.2, 0.25) is 0 Å². The zero-order valence-corrected chi connectivity index (χ0v) is 92.2. The maximum absolute atomic E-state index is 11.0. The van der Waals surface area contributed by atoms with Gasteiger partial charge in [0.15, 0.2) is 0 Å². The maximum atomic E-state index is 11.0. The predicted octanol–water partition coefficient (Wildman–Crippen LogP) is 14.8. The lowest BCUT2D eigenvalue weighted by Crippen LogP contribution is -2.59. The number of likely N-dealkylation sites (N-methyl/N-ethyl adjacent to an activating group) is 1. The smallest absolute Gasteiger partial charge is 0.267 e. The first-order valence-corrected chi connectivity index (χ1v) is 64.7. The summed E-state index contributed by atoms with van der Waals surface area (Å²) in [6.45, 7) is 25.4. The molecule has 10 saturated carbocycles. The van der Waals surface area contributed by atoms with Crippen LogP contribution in [0.25, 0.3) is 0 Å². The fraction of sp³-hybridized carbons (Fsp3) is 0.820. The highest BCUT2D eigenvalue weighted by molar-refractivity contribution is 7.88. The first-order chi connectivity index (χ1) is 65.9. The predicted molar refractivity (Wildman–Crippen MR) is 561 cm³/mol. The van der Waals surface area contributed by atoms with E-state index in [0.717, 1.165) is 114 Å². The third-order valence-corrected chi connectivity index (χ3v) is 41.4. The molecule has 15 N–H and O–H groups in total. The lowest BCUT2D eigenvalue weighted by molar-refractivity contribution is -0.942. The fourth-order valence-electron chi connectivity index (χ4n) is 23.6. The molecule has 3 aromatic rings.